The Kier molecular flexibility index (Phi) is 6.87. The highest BCUT2D eigenvalue weighted by Crippen LogP contribution is 2.44. The summed E-state index contributed by atoms with van der Waals surface area (Å²) in [5.74, 6) is -1.47. The Labute approximate surface area is 247 Å². The number of carbonyl (C=O) groups excluding carboxylic acids is 2. The summed E-state index contributed by atoms with van der Waals surface area (Å²) >= 11 is 5.76. The Morgan fingerprint density at radius 2 is 1.98 bits per heavy atom. The van der Waals surface area contributed by atoms with Crippen LogP contribution in [0, 0.1) is 6.92 Å². The minimum atomic E-state index is -2.83. The molecule has 0 spiro atoms. The number of thiophene rings is 2. The first-order valence-corrected chi connectivity index (χ1v) is 14.6. The number of hydrogen-bond acceptors (Lipinski definition) is 8. The molecule has 0 bridgehead atoms. The second kappa shape index (κ2) is 10.4. The highest BCUT2D eigenvalue weighted by Gasteiger charge is 2.26. The Morgan fingerprint density at radius 1 is 1.17 bits per heavy atom. The summed E-state index contributed by atoms with van der Waals surface area (Å²) in [7, 11) is 0. The smallest absolute Gasteiger partial charge is 0.280 e. The van der Waals surface area contributed by atoms with Gasteiger partial charge in [-0.05, 0) is 54.0 Å². The predicted octanol–water partition coefficient (Wildman–Crippen LogP) is 6.31. The van der Waals surface area contributed by atoms with Crippen LogP contribution in [0.15, 0.2) is 47.2 Å². The minimum absolute atomic E-state index is 0.0106. The third-order valence-electron chi connectivity index (χ3n) is 6.25. The molecule has 0 aliphatic carbocycles. The van der Waals surface area contributed by atoms with Gasteiger partial charge in [0.15, 0.2) is 11.3 Å². The lowest BCUT2D eigenvalue weighted by atomic mass is 10.1. The van der Waals surface area contributed by atoms with Crippen LogP contribution in [0.25, 0.3) is 37.7 Å². The average Bonchev–Trinajstić information content (AvgIpc) is 3.72. The Morgan fingerprint density at radius 3 is 2.63 bits per heavy atom. The van der Waals surface area contributed by atoms with Crippen molar-refractivity contribution < 1.29 is 18.4 Å². The molecule has 6 aromatic rings. The molecule has 6 rings (SSSR count). The van der Waals surface area contributed by atoms with Crippen LogP contribution in [-0.4, -0.2) is 41.2 Å². The van der Waals surface area contributed by atoms with E-state index in [1.54, 1.807) is 23.0 Å². The van der Waals surface area contributed by atoms with Crippen molar-refractivity contribution in [1.82, 2.24) is 29.4 Å². The summed E-state index contributed by atoms with van der Waals surface area (Å²) in [6.07, 6.45) is 0.594. The number of nitrogens with one attached hydrogen (secondary N) is 1. The summed E-state index contributed by atoms with van der Waals surface area (Å²) in [5, 5.41) is 12.1. The van der Waals surface area contributed by atoms with Crippen LogP contribution < -0.4 is 11.1 Å². The van der Waals surface area contributed by atoms with Crippen LogP contribution in [0.3, 0.4) is 0 Å². The fourth-order valence-electron chi connectivity index (χ4n) is 4.39. The van der Waals surface area contributed by atoms with Gasteiger partial charge in [-0.1, -0.05) is 0 Å². The number of hydrogen-bond donors (Lipinski definition) is 2. The number of fused-ring (bicyclic) bond motifs is 2. The number of anilines is 1. The van der Waals surface area contributed by atoms with Crippen molar-refractivity contribution in [3.05, 3.63) is 68.3 Å². The molecule has 41 heavy (non-hydrogen) atoms. The number of alkyl halides is 2. The summed E-state index contributed by atoms with van der Waals surface area (Å²) in [4.78, 5) is 36.2. The van der Waals surface area contributed by atoms with E-state index in [9.17, 15) is 18.4 Å². The van der Waals surface area contributed by atoms with Gasteiger partial charge in [-0.25, -0.2) is 23.3 Å². The third kappa shape index (κ3) is 4.79. The van der Waals surface area contributed by atoms with E-state index in [4.69, 9.17) is 5.73 Å². The maximum absolute atomic E-state index is 13.8. The molecule has 10 nitrogen and oxygen atoms in total. The van der Waals surface area contributed by atoms with Crippen LogP contribution in [0.1, 0.15) is 44.1 Å². The van der Waals surface area contributed by atoms with E-state index in [2.05, 4.69) is 41.4 Å². The van der Waals surface area contributed by atoms with Gasteiger partial charge < -0.3 is 11.1 Å². The van der Waals surface area contributed by atoms with Gasteiger partial charge in [0.2, 0.25) is 0 Å². The van der Waals surface area contributed by atoms with Crippen molar-refractivity contribution in [1.29, 1.82) is 0 Å². The maximum atomic E-state index is 13.8. The number of carbonyl (C=O) groups is 2. The van der Waals surface area contributed by atoms with E-state index in [-0.39, 0.29) is 21.1 Å². The molecule has 2 amide bonds. The zero-order valence-electron chi connectivity index (χ0n) is 21.4. The van der Waals surface area contributed by atoms with Gasteiger partial charge in [-0.2, -0.15) is 10.2 Å². The van der Waals surface area contributed by atoms with Crippen molar-refractivity contribution in [2.24, 2.45) is 5.73 Å². The molecule has 0 aromatic carbocycles. The van der Waals surface area contributed by atoms with Crippen LogP contribution in [0.5, 0.6) is 0 Å². The second-order valence-electron chi connectivity index (χ2n) is 8.92. The highest BCUT2D eigenvalue weighted by atomic mass is 79.9. The van der Waals surface area contributed by atoms with Gasteiger partial charge in [0.1, 0.15) is 21.1 Å². The van der Waals surface area contributed by atoms with Crippen LogP contribution in [-0.2, 0) is 6.54 Å². The zero-order valence-corrected chi connectivity index (χ0v) is 24.6. The fourth-order valence-corrected chi connectivity index (χ4v) is 6.81. The van der Waals surface area contributed by atoms with Crippen molar-refractivity contribution >= 4 is 72.0 Å². The number of pyridine rings is 1. The van der Waals surface area contributed by atoms with Gasteiger partial charge in [0, 0.05) is 45.7 Å². The minimum Gasteiger partial charge on any atom is -0.365 e. The number of aromatic nitrogens is 6. The van der Waals surface area contributed by atoms with Gasteiger partial charge in [-0.3, -0.25) is 14.3 Å². The molecule has 0 saturated heterocycles. The Bertz CT molecular complexity index is 1990. The quantitative estimate of drug-likeness (QED) is 0.207. The number of aryl methyl sites for hydroxylation is 2. The van der Waals surface area contributed by atoms with E-state index in [0.29, 0.717) is 39.4 Å². The van der Waals surface area contributed by atoms with Gasteiger partial charge in [0.05, 0.1) is 15.9 Å². The number of primary amides is 1. The summed E-state index contributed by atoms with van der Waals surface area (Å²) in [6, 6.07) is 8.16. The van der Waals surface area contributed by atoms with Crippen molar-refractivity contribution in [3.63, 3.8) is 0 Å². The predicted molar refractivity (Wildman–Crippen MR) is 157 cm³/mol. The molecule has 3 N–H and O–H groups in total. The lowest BCUT2D eigenvalue weighted by Gasteiger charge is -2.09. The molecule has 0 aliphatic heterocycles. The molecular weight excluding hydrogens is 638 g/mol. The molecule has 0 radical (unpaired) electrons. The lowest BCUT2D eigenvalue weighted by Crippen LogP contribution is -2.17. The van der Waals surface area contributed by atoms with Crippen LogP contribution in [0.4, 0.5) is 14.5 Å². The summed E-state index contributed by atoms with van der Waals surface area (Å²) < 4.78 is 31.5. The second-order valence-corrected chi connectivity index (χ2v) is 12.1. The first kappa shape index (κ1) is 27.1. The topological polar surface area (TPSA) is 133 Å². The standard InChI is InChI=1S/C26H19BrF2N8O2S2/c1-3-36-10-13(27)20(35-36)16-6-7-31-18-9-15(34-37(16)18)25(39)33-21-19-12(17-5-4-11(2)40-17)8-14(23(28)29)32-26(19)41-22(21)24(30)38/h4-10,23H,3H2,1-2H3,(H2,30,38)(H,33,39). The number of amides is 2. The normalized spacial score (nSPS) is 11.7. The van der Waals surface area contributed by atoms with Crippen molar-refractivity contribution in [2.75, 3.05) is 5.32 Å². The molecule has 0 fully saturated rings. The van der Waals surface area contributed by atoms with Crippen molar-refractivity contribution in [3.8, 4) is 21.8 Å². The van der Waals surface area contributed by atoms with Gasteiger partial charge >= 0.3 is 0 Å². The van der Waals surface area contributed by atoms with Crippen LogP contribution in [0.2, 0.25) is 0 Å². The van der Waals surface area contributed by atoms with Crippen molar-refractivity contribution in [2.45, 2.75) is 26.8 Å². The number of halogens is 3. The molecule has 208 valence electrons. The van der Waals surface area contributed by atoms with Gasteiger partial charge in [0.25, 0.3) is 18.2 Å². The zero-order chi connectivity index (χ0) is 29.0. The highest BCUT2D eigenvalue weighted by molar-refractivity contribution is 9.10. The maximum Gasteiger partial charge on any atom is 0.280 e. The Balaban J connectivity index is 1.47. The molecule has 0 saturated carbocycles. The third-order valence-corrected chi connectivity index (χ3v) is 8.96. The van der Waals surface area contributed by atoms with E-state index in [1.165, 1.54) is 28.0 Å². The Hall–Kier alpha value is -4.08. The summed E-state index contributed by atoms with van der Waals surface area (Å²) in [6.45, 7) is 4.52. The summed E-state index contributed by atoms with van der Waals surface area (Å²) in [5.41, 5.74) is 7.35. The van der Waals surface area contributed by atoms with E-state index < -0.39 is 23.9 Å². The monoisotopic (exact) mass is 656 g/mol. The first-order valence-electron chi connectivity index (χ1n) is 12.2. The van der Waals surface area contributed by atoms with E-state index >= 15 is 0 Å². The fraction of sp³-hybridized carbons (Fsp3) is 0.154. The van der Waals surface area contributed by atoms with E-state index in [1.807, 2.05) is 26.1 Å². The molecule has 0 atom stereocenters. The molecule has 0 unspecified atom stereocenters. The number of rotatable bonds is 7. The first-order chi connectivity index (χ1) is 19.6. The molecule has 15 heteroatoms. The van der Waals surface area contributed by atoms with E-state index in [0.717, 1.165) is 20.7 Å². The molecule has 6 heterocycles. The lowest BCUT2D eigenvalue weighted by molar-refractivity contribution is 0.100. The average molecular weight is 658 g/mol. The van der Waals surface area contributed by atoms with Crippen LogP contribution >= 0.6 is 38.6 Å². The molecule has 6 aromatic heterocycles. The largest absolute Gasteiger partial charge is 0.365 e. The molecular formula is C26H19BrF2N8O2S2. The molecule has 0 aliphatic rings. The SMILES string of the molecule is CCn1cc(Br)c(-c2ccnc3cc(C(=O)Nc4c(C(N)=O)sc5nc(C(F)F)cc(-c6ccc(C)s6)c45)nn23)n1. The number of nitrogens with two attached hydrogens (primary N) is 1. The number of nitrogens with zero attached hydrogens (tertiary/aromatic N) is 6. The van der Waals surface area contributed by atoms with Gasteiger partial charge in [-0.15, -0.1) is 22.7 Å².